The van der Waals surface area contributed by atoms with E-state index in [9.17, 15) is 9.59 Å². The van der Waals surface area contributed by atoms with Crippen molar-refractivity contribution in [2.24, 2.45) is 0 Å². The fraction of sp³-hybridized carbons (Fsp3) is 0.0667. The van der Waals surface area contributed by atoms with Crippen molar-refractivity contribution in [1.82, 2.24) is 20.0 Å². The van der Waals surface area contributed by atoms with E-state index < -0.39 is 6.09 Å². The minimum atomic E-state index is -1.14. The zero-order valence-electron chi connectivity index (χ0n) is 12.3. The molecule has 0 spiro atoms. The van der Waals surface area contributed by atoms with Crippen molar-refractivity contribution in [1.29, 1.82) is 0 Å². The normalized spacial score (nSPS) is 10.3. The Bertz CT molecular complexity index is 887. The molecule has 0 atom stereocenters. The van der Waals surface area contributed by atoms with E-state index in [0.717, 1.165) is 0 Å². The molecular weight excluding hydrogens is 314 g/mol. The highest BCUT2D eigenvalue weighted by Gasteiger charge is 2.06. The van der Waals surface area contributed by atoms with E-state index in [4.69, 9.17) is 9.84 Å². The van der Waals surface area contributed by atoms with E-state index in [1.807, 2.05) is 0 Å². The fourth-order valence-electron chi connectivity index (χ4n) is 1.97. The summed E-state index contributed by atoms with van der Waals surface area (Å²) in [5, 5.41) is 21.6. The Hall–Kier alpha value is -3.62. The smallest absolute Gasteiger partial charge is 0.409 e. The lowest BCUT2D eigenvalue weighted by atomic mass is 10.3. The number of amides is 1. The second kappa shape index (κ2) is 6.65. The maximum absolute atomic E-state index is 11.9. The van der Waals surface area contributed by atoms with Crippen LogP contribution in [0.5, 0.6) is 5.75 Å². The molecule has 9 heteroatoms. The first-order valence-corrected chi connectivity index (χ1v) is 6.92. The number of H-pyrrole nitrogens is 1. The SMILES string of the molecule is O=C(O)Nc1ccc(OCc2nn(-c3cn[nH]c3)ccc2=O)cc1. The molecule has 2 heterocycles. The number of aromatic nitrogens is 4. The number of ether oxygens (including phenoxy) is 1. The van der Waals surface area contributed by atoms with E-state index in [1.54, 1.807) is 42.9 Å². The average Bonchev–Trinajstić information content (AvgIpc) is 3.09. The Morgan fingerprint density at radius 2 is 2.08 bits per heavy atom. The van der Waals surface area contributed by atoms with Crippen LogP contribution in [0.15, 0.2) is 53.7 Å². The molecular formula is C15H13N5O4. The highest BCUT2D eigenvalue weighted by atomic mass is 16.5. The number of rotatable bonds is 5. The maximum atomic E-state index is 11.9. The van der Waals surface area contributed by atoms with Gasteiger partial charge >= 0.3 is 6.09 Å². The van der Waals surface area contributed by atoms with E-state index in [-0.39, 0.29) is 17.7 Å². The molecule has 0 radical (unpaired) electrons. The van der Waals surface area contributed by atoms with Gasteiger partial charge in [0.25, 0.3) is 0 Å². The Balaban J connectivity index is 1.71. The van der Waals surface area contributed by atoms with Gasteiger partial charge in [-0.2, -0.15) is 10.2 Å². The van der Waals surface area contributed by atoms with Crippen LogP contribution >= 0.6 is 0 Å². The molecule has 0 aliphatic heterocycles. The molecule has 0 aliphatic rings. The van der Waals surface area contributed by atoms with Crippen molar-refractivity contribution in [3.63, 3.8) is 0 Å². The first kappa shape index (κ1) is 15.3. The Kier molecular flexibility index (Phi) is 4.23. The molecule has 0 aliphatic carbocycles. The van der Waals surface area contributed by atoms with Crippen molar-refractivity contribution in [3.05, 3.63) is 64.8 Å². The standard InChI is InChI=1S/C15H13N5O4/c21-14-5-6-20(11-7-16-17-8-11)19-13(14)9-24-12-3-1-10(2-4-12)18-15(22)23/h1-8,18H,9H2,(H,16,17)(H,22,23). The van der Waals surface area contributed by atoms with Crippen LogP contribution in [0.4, 0.5) is 10.5 Å². The van der Waals surface area contributed by atoms with Gasteiger partial charge in [-0.25, -0.2) is 9.48 Å². The number of nitrogens with one attached hydrogen (secondary N) is 2. The second-order valence-electron chi connectivity index (χ2n) is 4.77. The van der Waals surface area contributed by atoms with E-state index in [2.05, 4.69) is 20.6 Å². The predicted octanol–water partition coefficient (Wildman–Crippen LogP) is 1.62. The summed E-state index contributed by atoms with van der Waals surface area (Å²) in [7, 11) is 0. The minimum absolute atomic E-state index is 0.0107. The van der Waals surface area contributed by atoms with Gasteiger partial charge in [0.15, 0.2) is 0 Å². The van der Waals surface area contributed by atoms with Crippen LogP contribution in [0.1, 0.15) is 5.69 Å². The van der Waals surface area contributed by atoms with Gasteiger partial charge in [-0.05, 0) is 24.3 Å². The van der Waals surface area contributed by atoms with Crippen LogP contribution in [-0.4, -0.2) is 31.2 Å². The number of benzene rings is 1. The lowest BCUT2D eigenvalue weighted by Crippen LogP contribution is -2.17. The van der Waals surface area contributed by atoms with Crippen molar-refractivity contribution < 1.29 is 14.6 Å². The van der Waals surface area contributed by atoms with Gasteiger partial charge in [0.1, 0.15) is 23.7 Å². The Morgan fingerprint density at radius 1 is 1.29 bits per heavy atom. The number of carboxylic acid groups (broad SMARTS) is 1. The summed E-state index contributed by atoms with van der Waals surface area (Å²) >= 11 is 0. The van der Waals surface area contributed by atoms with E-state index in [1.165, 1.54) is 10.7 Å². The molecule has 3 N–H and O–H groups in total. The molecule has 0 saturated heterocycles. The summed E-state index contributed by atoms with van der Waals surface area (Å²) in [4.78, 5) is 22.4. The largest absolute Gasteiger partial charge is 0.487 e. The Morgan fingerprint density at radius 3 is 2.75 bits per heavy atom. The van der Waals surface area contributed by atoms with Crippen molar-refractivity contribution in [3.8, 4) is 11.4 Å². The summed E-state index contributed by atoms with van der Waals surface area (Å²) in [6.07, 6.45) is 3.63. The van der Waals surface area contributed by atoms with Crippen molar-refractivity contribution >= 4 is 11.8 Å². The van der Waals surface area contributed by atoms with Crippen LogP contribution in [0.25, 0.3) is 5.69 Å². The monoisotopic (exact) mass is 327 g/mol. The van der Waals surface area contributed by atoms with Gasteiger partial charge < -0.3 is 9.84 Å². The number of hydrogen-bond acceptors (Lipinski definition) is 5. The average molecular weight is 327 g/mol. The summed E-state index contributed by atoms with van der Waals surface area (Å²) in [6, 6.07) is 7.72. The van der Waals surface area contributed by atoms with Crippen LogP contribution in [0, 0.1) is 0 Å². The molecule has 3 rings (SSSR count). The summed E-state index contributed by atoms with van der Waals surface area (Å²) in [5.74, 6) is 0.492. The molecule has 2 aromatic heterocycles. The number of carbonyl (C=O) groups is 1. The van der Waals surface area contributed by atoms with Gasteiger partial charge in [0, 0.05) is 24.1 Å². The third-order valence-electron chi connectivity index (χ3n) is 3.11. The molecule has 0 fully saturated rings. The number of nitrogens with zero attached hydrogens (tertiary/aromatic N) is 3. The van der Waals surface area contributed by atoms with Gasteiger partial charge in [-0.1, -0.05) is 0 Å². The number of anilines is 1. The molecule has 0 saturated carbocycles. The first-order valence-electron chi connectivity index (χ1n) is 6.92. The Labute approximate surface area is 135 Å². The van der Waals surface area contributed by atoms with Crippen LogP contribution in [-0.2, 0) is 6.61 Å². The number of hydrogen-bond donors (Lipinski definition) is 3. The second-order valence-corrected chi connectivity index (χ2v) is 4.77. The summed E-state index contributed by atoms with van der Waals surface area (Å²) < 4.78 is 7.05. The molecule has 0 unspecified atom stereocenters. The maximum Gasteiger partial charge on any atom is 0.409 e. The third kappa shape index (κ3) is 3.58. The molecule has 24 heavy (non-hydrogen) atoms. The topological polar surface area (TPSA) is 122 Å². The van der Waals surface area contributed by atoms with Gasteiger partial charge in [0.2, 0.25) is 5.43 Å². The quantitative estimate of drug-likeness (QED) is 0.654. The van der Waals surface area contributed by atoms with Gasteiger partial charge in [-0.3, -0.25) is 15.2 Å². The zero-order valence-corrected chi connectivity index (χ0v) is 12.3. The minimum Gasteiger partial charge on any atom is -0.487 e. The van der Waals surface area contributed by atoms with Gasteiger partial charge in [-0.15, -0.1) is 0 Å². The fourth-order valence-corrected chi connectivity index (χ4v) is 1.97. The molecule has 9 nitrogen and oxygen atoms in total. The molecule has 0 bridgehead atoms. The van der Waals surface area contributed by atoms with E-state index >= 15 is 0 Å². The van der Waals surface area contributed by atoms with Crippen molar-refractivity contribution in [2.45, 2.75) is 6.61 Å². The molecule has 3 aromatic rings. The van der Waals surface area contributed by atoms with Crippen molar-refractivity contribution in [2.75, 3.05) is 5.32 Å². The predicted molar refractivity (Wildman–Crippen MR) is 84.4 cm³/mol. The highest BCUT2D eigenvalue weighted by Crippen LogP contribution is 2.16. The first-order chi connectivity index (χ1) is 11.6. The summed E-state index contributed by atoms with van der Waals surface area (Å²) in [5.41, 5.74) is 1.13. The third-order valence-corrected chi connectivity index (χ3v) is 3.11. The molecule has 1 aromatic carbocycles. The molecule has 122 valence electrons. The van der Waals surface area contributed by atoms with Crippen LogP contribution < -0.4 is 15.5 Å². The summed E-state index contributed by atoms with van der Waals surface area (Å²) in [6.45, 7) is -0.0107. The van der Waals surface area contributed by atoms with Crippen LogP contribution in [0.3, 0.4) is 0 Å². The number of aromatic amines is 1. The van der Waals surface area contributed by atoms with Crippen LogP contribution in [0.2, 0.25) is 0 Å². The lowest BCUT2D eigenvalue weighted by molar-refractivity contribution is 0.209. The highest BCUT2D eigenvalue weighted by molar-refractivity contribution is 5.82. The van der Waals surface area contributed by atoms with Gasteiger partial charge in [0.05, 0.1) is 6.20 Å². The zero-order chi connectivity index (χ0) is 16.9. The van der Waals surface area contributed by atoms with E-state index in [0.29, 0.717) is 17.1 Å². The lowest BCUT2D eigenvalue weighted by Gasteiger charge is -2.08. The molecule has 1 amide bonds.